The zero-order valence-electron chi connectivity index (χ0n) is 54.1. The number of nitrogens with zero attached hydrogens (tertiary/aromatic N) is 1. The highest BCUT2D eigenvalue weighted by Crippen LogP contribution is 2.43. The molecule has 0 radical (unpaired) electrons. The molecule has 84 heavy (non-hydrogen) atoms. The summed E-state index contributed by atoms with van der Waals surface area (Å²) in [5.41, 5.74) is 0. The Morgan fingerprint density at radius 2 is 0.643 bits per heavy atom. The number of quaternary nitrogens is 1. The summed E-state index contributed by atoms with van der Waals surface area (Å²) >= 11 is 0. The number of carbonyl (C=O) groups excluding carboxylic acids is 2. The lowest BCUT2D eigenvalue weighted by molar-refractivity contribution is -0.870. The molecule has 0 heterocycles. The van der Waals surface area contributed by atoms with E-state index in [0.717, 1.165) is 135 Å². The minimum atomic E-state index is -4.40. The second-order valence-electron chi connectivity index (χ2n) is 22.7. The average molecular weight is 1190 g/mol. The minimum absolute atomic E-state index is 0.0215. The molecule has 0 aliphatic heterocycles. The molecule has 476 valence electrons. The first-order valence-electron chi connectivity index (χ1n) is 33.2. The van der Waals surface area contributed by atoms with E-state index in [0.29, 0.717) is 17.4 Å². The van der Waals surface area contributed by atoms with Gasteiger partial charge in [-0.15, -0.1) is 0 Å². The van der Waals surface area contributed by atoms with Crippen molar-refractivity contribution in [3.63, 3.8) is 0 Å². The molecular weight excluding hydrogens is 1060 g/mol. The van der Waals surface area contributed by atoms with Gasteiger partial charge in [0.15, 0.2) is 6.10 Å². The van der Waals surface area contributed by atoms with Crippen LogP contribution in [0.25, 0.3) is 0 Å². The van der Waals surface area contributed by atoms with E-state index in [1.807, 2.05) is 21.1 Å². The summed E-state index contributed by atoms with van der Waals surface area (Å²) in [6.45, 7) is 4.18. The maximum atomic E-state index is 12.9. The van der Waals surface area contributed by atoms with Gasteiger partial charge in [-0.3, -0.25) is 18.6 Å². The molecule has 0 aliphatic rings. The summed E-state index contributed by atoms with van der Waals surface area (Å²) in [6.07, 6.45) is 94.7. The number of ether oxygens (including phenoxy) is 2. The Balaban J connectivity index is 4.13. The number of rotatable bonds is 59. The number of phosphoric ester groups is 1. The van der Waals surface area contributed by atoms with Crippen LogP contribution < -0.4 is 0 Å². The van der Waals surface area contributed by atoms with Crippen molar-refractivity contribution >= 4 is 19.8 Å². The minimum Gasteiger partial charge on any atom is -0.462 e. The molecule has 2 unspecified atom stereocenters. The zero-order chi connectivity index (χ0) is 61.2. The van der Waals surface area contributed by atoms with Gasteiger partial charge in [0, 0.05) is 12.8 Å². The van der Waals surface area contributed by atoms with Crippen LogP contribution in [0.5, 0.6) is 0 Å². The second kappa shape index (κ2) is 63.1. The molecule has 10 heteroatoms. The van der Waals surface area contributed by atoms with Crippen LogP contribution in [0.15, 0.2) is 158 Å². The Labute approximate surface area is 516 Å². The van der Waals surface area contributed by atoms with E-state index in [9.17, 15) is 19.0 Å². The summed E-state index contributed by atoms with van der Waals surface area (Å²) in [4.78, 5) is 35.8. The lowest BCUT2D eigenvalue weighted by atomic mass is 10.0. The topological polar surface area (TPSA) is 108 Å². The van der Waals surface area contributed by atoms with Gasteiger partial charge in [0.2, 0.25) is 0 Å². The highest BCUT2D eigenvalue weighted by molar-refractivity contribution is 7.47. The van der Waals surface area contributed by atoms with E-state index < -0.39 is 26.5 Å². The highest BCUT2D eigenvalue weighted by Gasteiger charge is 2.27. The summed E-state index contributed by atoms with van der Waals surface area (Å²) in [6, 6.07) is 0. The highest BCUT2D eigenvalue weighted by atomic mass is 31.2. The standard InChI is InChI=1S/C74H122NO8P/c1-6-8-10-12-14-16-18-20-22-24-26-28-30-31-32-33-34-35-36-37-38-39-40-41-42-43-45-47-49-51-53-55-57-59-61-63-65-67-74(77)83-72(71-82-84(78,79)81-69-68-75(3,4)5)70-80-73(76)66-64-62-60-58-56-54-52-50-48-46-44-29-27-25-23-21-19-17-15-13-11-9-7-2/h8-11,14-17,20-23,26-29,31-32,34-35,37-38,40-41,46,48,72H,6-7,12-13,18-19,24-25,30,33,36,39,42-45,47,49-71H2,1-5H3/p+1/b10-8-,11-9-,16-14-,17-15-,22-20-,23-21-,28-26-,29-27-,32-31-,35-34-,38-37-,41-40-,48-46-. The fraction of sp³-hybridized carbons (Fsp3) is 0.622. The van der Waals surface area contributed by atoms with E-state index >= 15 is 0 Å². The Hall–Kier alpha value is -4.37. The van der Waals surface area contributed by atoms with Crippen LogP contribution in [0.4, 0.5) is 0 Å². The Kier molecular flexibility index (Phi) is 59.9. The van der Waals surface area contributed by atoms with E-state index in [1.165, 1.54) is 77.0 Å². The first-order chi connectivity index (χ1) is 41.0. The van der Waals surface area contributed by atoms with Gasteiger partial charge in [-0.2, -0.15) is 0 Å². The SMILES string of the molecule is CC/C=C\C/C=C\C/C=C\C/C=C\C/C=C\C/C=C\C/C=C\C/C=C\CCCCCCCCCCCCCCC(=O)OC(COC(=O)CCCCCCCCC/C=C\C/C=C\C/C=C\C/C=C\C/C=C\CC)COP(=O)(O)OCC[N+](C)(C)C. The molecule has 0 spiro atoms. The van der Waals surface area contributed by atoms with Gasteiger partial charge in [0.05, 0.1) is 27.7 Å². The van der Waals surface area contributed by atoms with Crippen molar-refractivity contribution in [1.82, 2.24) is 0 Å². The fourth-order valence-electron chi connectivity index (χ4n) is 8.53. The molecule has 0 aromatic rings. The normalized spacial score (nSPS) is 14.2. The van der Waals surface area contributed by atoms with Gasteiger partial charge in [0.25, 0.3) is 0 Å². The maximum absolute atomic E-state index is 12.9. The average Bonchev–Trinajstić information content (AvgIpc) is 3.61. The number of hydrogen-bond donors (Lipinski definition) is 1. The van der Waals surface area contributed by atoms with Crippen LogP contribution >= 0.6 is 7.82 Å². The van der Waals surface area contributed by atoms with Crippen LogP contribution in [0.3, 0.4) is 0 Å². The largest absolute Gasteiger partial charge is 0.472 e. The molecule has 2 atom stereocenters. The summed E-state index contributed by atoms with van der Waals surface area (Å²) in [5.74, 6) is -0.820. The molecule has 0 bridgehead atoms. The fourth-order valence-corrected chi connectivity index (χ4v) is 9.27. The molecule has 0 aromatic heterocycles. The zero-order valence-corrected chi connectivity index (χ0v) is 55.0. The van der Waals surface area contributed by atoms with E-state index in [-0.39, 0.29) is 32.0 Å². The number of hydrogen-bond acceptors (Lipinski definition) is 7. The van der Waals surface area contributed by atoms with Crippen LogP contribution in [0, 0.1) is 0 Å². The molecular formula is C74H123NO8P+. The number of carbonyl (C=O) groups is 2. The smallest absolute Gasteiger partial charge is 0.462 e. The van der Waals surface area contributed by atoms with Crippen molar-refractivity contribution in [2.75, 3.05) is 47.5 Å². The lowest BCUT2D eigenvalue weighted by Gasteiger charge is -2.24. The molecule has 0 aliphatic carbocycles. The number of esters is 2. The molecule has 1 N–H and O–H groups in total. The van der Waals surface area contributed by atoms with Gasteiger partial charge >= 0.3 is 19.8 Å². The van der Waals surface area contributed by atoms with Crippen molar-refractivity contribution in [2.45, 2.75) is 251 Å². The Morgan fingerprint density at radius 3 is 0.952 bits per heavy atom. The molecule has 0 amide bonds. The van der Waals surface area contributed by atoms with Crippen molar-refractivity contribution < 1.29 is 42.1 Å². The number of likely N-dealkylation sites (N-methyl/N-ethyl adjacent to an activating group) is 1. The van der Waals surface area contributed by atoms with E-state index in [2.05, 4.69) is 172 Å². The summed E-state index contributed by atoms with van der Waals surface area (Å²) in [5, 5.41) is 0. The van der Waals surface area contributed by atoms with Gasteiger partial charge in [-0.25, -0.2) is 4.57 Å². The van der Waals surface area contributed by atoms with Crippen LogP contribution in [0.2, 0.25) is 0 Å². The molecule has 9 nitrogen and oxygen atoms in total. The van der Waals surface area contributed by atoms with Gasteiger partial charge in [-0.05, 0) is 122 Å². The van der Waals surface area contributed by atoms with Gasteiger partial charge < -0.3 is 18.9 Å². The molecule has 0 rings (SSSR count). The quantitative estimate of drug-likeness (QED) is 0.0211. The van der Waals surface area contributed by atoms with Crippen LogP contribution in [-0.4, -0.2) is 74.9 Å². The van der Waals surface area contributed by atoms with Crippen molar-refractivity contribution in [3.05, 3.63) is 158 Å². The molecule has 0 aromatic carbocycles. The maximum Gasteiger partial charge on any atom is 0.472 e. The summed E-state index contributed by atoms with van der Waals surface area (Å²) < 4.78 is 34.7. The predicted octanol–water partition coefficient (Wildman–Crippen LogP) is 21.6. The Bertz CT molecular complexity index is 1970. The van der Waals surface area contributed by atoms with E-state index in [4.69, 9.17) is 18.5 Å². The van der Waals surface area contributed by atoms with Crippen molar-refractivity contribution in [3.8, 4) is 0 Å². The van der Waals surface area contributed by atoms with Crippen molar-refractivity contribution in [1.29, 1.82) is 0 Å². The first-order valence-corrected chi connectivity index (χ1v) is 34.7. The monoisotopic (exact) mass is 1180 g/mol. The summed E-state index contributed by atoms with van der Waals surface area (Å²) in [7, 11) is 1.45. The van der Waals surface area contributed by atoms with Crippen molar-refractivity contribution in [2.24, 2.45) is 0 Å². The van der Waals surface area contributed by atoms with Crippen LogP contribution in [0.1, 0.15) is 245 Å². The second-order valence-corrected chi connectivity index (χ2v) is 24.2. The first kappa shape index (κ1) is 79.6. The van der Waals surface area contributed by atoms with Crippen LogP contribution in [-0.2, 0) is 32.7 Å². The van der Waals surface area contributed by atoms with Gasteiger partial charge in [0.1, 0.15) is 19.8 Å². The number of allylic oxidation sites excluding steroid dienone is 26. The number of unbranched alkanes of at least 4 members (excludes halogenated alkanes) is 19. The third-order valence-corrected chi connectivity index (χ3v) is 14.5. The molecule has 0 fully saturated rings. The lowest BCUT2D eigenvalue weighted by Crippen LogP contribution is -2.37. The third-order valence-electron chi connectivity index (χ3n) is 13.6. The number of phosphoric acid groups is 1. The Morgan fingerprint density at radius 1 is 0.369 bits per heavy atom. The van der Waals surface area contributed by atoms with Gasteiger partial charge in [-0.1, -0.05) is 268 Å². The predicted molar refractivity (Wildman–Crippen MR) is 362 cm³/mol. The van der Waals surface area contributed by atoms with E-state index in [1.54, 1.807) is 0 Å². The molecule has 0 saturated heterocycles. The third kappa shape index (κ3) is 66.8. The molecule has 0 saturated carbocycles.